The quantitative estimate of drug-likeness (QED) is 0.0122. The molecule has 24 nitrogen and oxygen atoms in total. The average molecular weight is 1190 g/mol. The number of unbranched alkanes of at least 4 members (excludes halogenated alkanes) is 2. The van der Waals surface area contributed by atoms with E-state index in [4.69, 9.17) is 75.8 Å². The standard InChI is InChI=1S/C62H58O24/c1-7-51(63)75-21-9-11-23-77-61(69)81-43-19-17-35-25-39(15-13-37(35)27-43)57(65)85-53-45(71-3)29-41(30-46(53)72-4)59(67)83-49-33-79-56-50(34-80-55(49)56)84-60(68)42-31-47(73-5)54(48(32-42)74-6)86-58(66)40-16-14-38-28-44(20-18-36(38)26-40)82-62(70)78-24-12-10-22-76-52(64)8-2/h7-8,13-20,25-32,49-50,55-56H,1-2,9-12,21-24,33-34H2,3-6H3/t49-,50-,55?,56?/m1/s1. The summed E-state index contributed by atoms with van der Waals surface area (Å²) in [6, 6.07) is 24.2. The molecule has 6 aromatic carbocycles. The summed E-state index contributed by atoms with van der Waals surface area (Å²) >= 11 is 0. The molecule has 0 radical (unpaired) electrons. The van der Waals surface area contributed by atoms with Crippen LogP contribution < -0.4 is 37.9 Å². The van der Waals surface area contributed by atoms with Crippen molar-refractivity contribution in [3.05, 3.63) is 145 Å². The van der Waals surface area contributed by atoms with Crippen LogP contribution in [0.1, 0.15) is 67.1 Å². The van der Waals surface area contributed by atoms with Gasteiger partial charge in [-0.3, -0.25) is 0 Å². The number of methoxy groups -OCH3 is 4. The van der Waals surface area contributed by atoms with Gasteiger partial charge in [0, 0.05) is 12.2 Å². The molecule has 2 heterocycles. The van der Waals surface area contributed by atoms with E-state index in [1.165, 1.54) is 77.0 Å². The highest BCUT2D eigenvalue weighted by molar-refractivity contribution is 5.99. The number of esters is 6. The van der Waals surface area contributed by atoms with Gasteiger partial charge in [0.1, 0.15) is 23.7 Å². The van der Waals surface area contributed by atoms with Gasteiger partial charge in [-0.05, 0) is 120 Å². The Kier molecular flexibility index (Phi) is 21.1. The Morgan fingerprint density at radius 2 is 0.756 bits per heavy atom. The highest BCUT2D eigenvalue weighted by atomic mass is 16.7. The number of carbonyl (C=O) groups is 8. The summed E-state index contributed by atoms with van der Waals surface area (Å²) in [5.74, 6) is -4.29. The first-order valence-electron chi connectivity index (χ1n) is 26.6. The molecule has 2 aliphatic heterocycles. The molecule has 0 N–H and O–H groups in total. The molecule has 2 aliphatic rings. The first-order chi connectivity index (χ1) is 41.6. The lowest BCUT2D eigenvalue weighted by atomic mass is 10.1. The van der Waals surface area contributed by atoms with Crippen molar-refractivity contribution in [1.82, 2.24) is 0 Å². The Labute approximate surface area is 491 Å². The van der Waals surface area contributed by atoms with E-state index in [9.17, 15) is 38.4 Å². The molecule has 0 aliphatic carbocycles. The van der Waals surface area contributed by atoms with Gasteiger partial charge in [0.25, 0.3) is 0 Å². The maximum atomic E-state index is 13.7. The van der Waals surface area contributed by atoms with Crippen LogP contribution in [0.4, 0.5) is 9.59 Å². The number of rotatable bonds is 26. The van der Waals surface area contributed by atoms with Crippen LogP contribution >= 0.6 is 0 Å². The number of ether oxygens (including phenoxy) is 16. The molecule has 0 bridgehead atoms. The van der Waals surface area contributed by atoms with E-state index in [-0.39, 0.29) is 108 Å². The van der Waals surface area contributed by atoms with E-state index >= 15 is 0 Å². The number of hydrogen-bond donors (Lipinski definition) is 0. The molecule has 8 rings (SSSR count). The van der Waals surface area contributed by atoms with Crippen LogP contribution in [0.3, 0.4) is 0 Å². The minimum absolute atomic E-state index is 0.0319. The summed E-state index contributed by atoms with van der Waals surface area (Å²) in [5, 5.41) is 2.49. The second-order valence-corrected chi connectivity index (χ2v) is 18.7. The van der Waals surface area contributed by atoms with Gasteiger partial charge in [0.2, 0.25) is 11.5 Å². The highest BCUT2D eigenvalue weighted by Gasteiger charge is 2.51. The molecule has 86 heavy (non-hydrogen) atoms. The third-order valence-electron chi connectivity index (χ3n) is 13.1. The summed E-state index contributed by atoms with van der Waals surface area (Å²) < 4.78 is 87.8. The second kappa shape index (κ2) is 29.4. The van der Waals surface area contributed by atoms with Crippen molar-refractivity contribution in [2.24, 2.45) is 0 Å². The van der Waals surface area contributed by atoms with Crippen LogP contribution in [0.2, 0.25) is 0 Å². The van der Waals surface area contributed by atoms with E-state index in [0.29, 0.717) is 47.2 Å². The topological polar surface area (TPSA) is 284 Å². The first-order valence-corrected chi connectivity index (χ1v) is 26.6. The van der Waals surface area contributed by atoms with Gasteiger partial charge in [-0.1, -0.05) is 37.4 Å². The monoisotopic (exact) mass is 1190 g/mol. The summed E-state index contributed by atoms with van der Waals surface area (Å²) in [6.07, 6.45) is -1.45. The summed E-state index contributed by atoms with van der Waals surface area (Å²) in [6.45, 7) is 6.84. The first kappa shape index (κ1) is 61.9. The Bertz CT molecular complexity index is 3270. The van der Waals surface area contributed by atoms with E-state index in [1.54, 1.807) is 48.5 Å². The zero-order valence-corrected chi connectivity index (χ0v) is 47.0. The number of carbonyl (C=O) groups excluding carboxylic acids is 8. The van der Waals surface area contributed by atoms with Gasteiger partial charge in [-0.15, -0.1) is 0 Å². The average Bonchev–Trinajstić information content (AvgIpc) is 2.09. The SMILES string of the molecule is C=CC(=O)OCCCCOC(=O)Oc1ccc2cc(C(=O)Oc3c(OC)cc(C(=O)O[C@@H]4COC5C4OC[C@H]5OC(=O)c4cc(OC)c(OC(=O)c5ccc6cc(OC(=O)OCCCCOC(=O)C=C)ccc6c5)c(OC)c4)cc3OC)ccc2c1. The second-order valence-electron chi connectivity index (χ2n) is 18.7. The van der Waals surface area contributed by atoms with E-state index in [1.807, 2.05) is 0 Å². The summed E-state index contributed by atoms with van der Waals surface area (Å²) in [7, 11) is 5.23. The lowest BCUT2D eigenvalue weighted by Gasteiger charge is -2.19. The molecule has 450 valence electrons. The molecular formula is C62H58O24. The van der Waals surface area contributed by atoms with Crippen molar-refractivity contribution < 1.29 is 114 Å². The lowest BCUT2D eigenvalue weighted by Crippen LogP contribution is -2.36. The minimum Gasteiger partial charge on any atom is -0.493 e. The van der Waals surface area contributed by atoms with Crippen molar-refractivity contribution in [3.63, 3.8) is 0 Å². The number of fused-ring (bicyclic) bond motifs is 3. The molecule has 0 spiro atoms. The van der Waals surface area contributed by atoms with Crippen LogP contribution in [-0.4, -0.2) is 141 Å². The largest absolute Gasteiger partial charge is 0.513 e. The number of benzene rings is 6. The van der Waals surface area contributed by atoms with Crippen molar-refractivity contribution in [2.75, 3.05) is 68.1 Å². The van der Waals surface area contributed by atoms with Crippen molar-refractivity contribution in [1.29, 1.82) is 0 Å². The van der Waals surface area contributed by atoms with Gasteiger partial charge in [0.05, 0.1) is 90.3 Å². The molecule has 2 unspecified atom stereocenters. The Balaban J connectivity index is 0.828. The van der Waals surface area contributed by atoms with Gasteiger partial charge >= 0.3 is 48.1 Å². The van der Waals surface area contributed by atoms with E-state index in [2.05, 4.69) is 13.2 Å². The Morgan fingerprint density at radius 1 is 0.419 bits per heavy atom. The lowest BCUT2D eigenvalue weighted by molar-refractivity contribution is -0.138. The molecule has 4 atom stereocenters. The van der Waals surface area contributed by atoms with Crippen molar-refractivity contribution >= 4 is 69.7 Å². The third kappa shape index (κ3) is 15.7. The molecule has 0 amide bonds. The summed E-state index contributed by atoms with van der Waals surface area (Å²) in [4.78, 5) is 101. The number of hydrogen-bond acceptors (Lipinski definition) is 24. The van der Waals surface area contributed by atoms with Crippen LogP contribution in [0.5, 0.6) is 46.0 Å². The smallest absolute Gasteiger partial charge is 0.493 e. The minimum atomic E-state index is -0.946. The highest BCUT2D eigenvalue weighted by Crippen LogP contribution is 2.42. The normalized spacial score (nSPS) is 15.6. The van der Waals surface area contributed by atoms with Gasteiger partial charge < -0.3 is 75.8 Å². The third-order valence-corrected chi connectivity index (χ3v) is 13.1. The molecule has 0 saturated carbocycles. The zero-order chi connectivity index (χ0) is 61.3. The van der Waals surface area contributed by atoms with Gasteiger partial charge in [-0.2, -0.15) is 0 Å². The predicted octanol–water partition coefficient (Wildman–Crippen LogP) is 9.06. The van der Waals surface area contributed by atoms with Crippen LogP contribution in [0.15, 0.2) is 122 Å². The van der Waals surface area contributed by atoms with Crippen molar-refractivity contribution in [3.8, 4) is 46.0 Å². The van der Waals surface area contributed by atoms with E-state index in [0.717, 1.165) is 12.2 Å². The van der Waals surface area contributed by atoms with Gasteiger partial charge in [-0.25, -0.2) is 38.4 Å². The maximum absolute atomic E-state index is 13.7. The Hall–Kier alpha value is -10.2. The molecular weight excluding hydrogens is 1130 g/mol. The molecule has 24 heteroatoms. The van der Waals surface area contributed by atoms with Gasteiger partial charge in [0.15, 0.2) is 35.2 Å². The maximum Gasteiger partial charge on any atom is 0.513 e. The van der Waals surface area contributed by atoms with E-state index < -0.39 is 72.5 Å². The zero-order valence-electron chi connectivity index (χ0n) is 47.0. The molecule has 0 aromatic heterocycles. The van der Waals surface area contributed by atoms with Crippen LogP contribution in [0.25, 0.3) is 21.5 Å². The fraction of sp³-hybridized carbons (Fsp3) is 0.290. The van der Waals surface area contributed by atoms with Crippen LogP contribution in [-0.2, 0) is 47.5 Å². The fourth-order valence-electron chi connectivity index (χ4n) is 8.80. The molecule has 2 fully saturated rings. The van der Waals surface area contributed by atoms with Crippen LogP contribution in [0, 0.1) is 0 Å². The Morgan fingerprint density at radius 3 is 1.10 bits per heavy atom. The molecule has 2 saturated heterocycles. The fourth-order valence-corrected chi connectivity index (χ4v) is 8.80. The summed E-state index contributed by atoms with van der Waals surface area (Å²) in [5.41, 5.74) is 0.232. The van der Waals surface area contributed by atoms with Crippen molar-refractivity contribution in [2.45, 2.75) is 50.1 Å². The molecule has 6 aromatic rings. The predicted molar refractivity (Wildman–Crippen MR) is 300 cm³/mol.